The Hall–Kier alpha value is -2.57. The Morgan fingerprint density at radius 2 is 1.70 bits per heavy atom. The summed E-state index contributed by atoms with van der Waals surface area (Å²) in [4.78, 5) is 25.6. The standard InChI is InChI=1S/C20H23ClN4O2/c1-25-11-10-18(19(25)26)22-12-15-4-8-17(9-5-15)24-20(27)23-13-14-2-6-16(21)7-3-14/h2-9,18,22H,10-13H2,1H3,(H2,23,24,27)/t18-/m0/s1. The Bertz CT molecular complexity index is 793. The molecule has 0 aromatic heterocycles. The van der Waals surface area contributed by atoms with Crippen LogP contribution in [0.2, 0.25) is 5.02 Å². The molecule has 1 saturated heterocycles. The molecule has 0 bridgehead atoms. The first-order valence-corrected chi connectivity index (χ1v) is 9.25. The van der Waals surface area contributed by atoms with Crippen molar-refractivity contribution in [3.8, 4) is 0 Å². The van der Waals surface area contributed by atoms with Crippen molar-refractivity contribution in [3.05, 3.63) is 64.7 Å². The van der Waals surface area contributed by atoms with Crippen LogP contribution in [-0.4, -0.2) is 36.5 Å². The number of hydrogen-bond acceptors (Lipinski definition) is 3. The molecule has 0 radical (unpaired) electrons. The molecule has 3 rings (SSSR count). The number of amides is 3. The summed E-state index contributed by atoms with van der Waals surface area (Å²) in [5, 5.41) is 9.56. The van der Waals surface area contributed by atoms with Gasteiger partial charge in [0, 0.05) is 37.4 Å². The van der Waals surface area contributed by atoms with Crippen molar-refractivity contribution in [2.24, 2.45) is 0 Å². The lowest BCUT2D eigenvalue weighted by Gasteiger charge is -2.13. The van der Waals surface area contributed by atoms with E-state index in [2.05, 4.69) is 16.0 Å². The van der Waals surface area contributed by atoms with Gasteiger partial charge in [-0.1, -0.05) is 35.9 Å². The molecule has 7 heteroatoms. The average molecular weight is 387 g/mol. The van der Waals surface area contributed by atoms with Crippen molar-refractivity contribution in [1.82, 2.24) is 15.5 Å². The number of urea groups is 1. The second kappa shape index (κ2) is 8.88. The molecule has 2 aromatic carbocycles. The van der Waals surface area contributed by atoms with Crippen molar-refractivity contribution in [2.75, 3.05) is 18.9 Å². The highest BCUT2D eigenvalue weighted by atomic mass is 35.5. The quantitative estimate of drug-likeness (QED) is 0.714. The smallest absolute Gasteiger partial charge is 0.319 e. The number of carbonyl (C=O) groups excluding carboxylic acids is 2. The molecule has 142 valence electrons. The topological polar surface area (TPSA) is 73.5 Å². The van der Waals surface area contributed by atoms with E-state index in [-0.39, 0.29) is 18.0 Å². The van der Waals surface area contributed by atoms with E-state index in [1.54, 1.807) is 17.0 Å². The molecule has 0 saturated carbocycles. The summed E-state index contributed by atoms with van der Waals surface area (Å²) in [5.74, 6) is 0.144. The van der Waals surface area contributed by atoms with Crippen LogP contribution in [-0.2, 0) is 17.9 Å². The van der Waals surface area contributed by atoms with Crippen molar-refractivity contribution >= 4 is 29.2 Å². The van der Waals surface area contributed by atoms with Gasteiger partial charge in [0.05, 0.1) is 6.04 Å². The van der Waals surface area contributed by atoms with E-state index in [0.717, 1.165) is 24.1 Å². The van der Waals surface area contributed by atoms with Gasteiger partial charge in [0.2, 0.25) is 5.91 Å². The highest BCUT2D eigenvalue weighted by Crippen LogP contribution is 2.13. The molecule has 1 atom stereocenters. The predicted molar refractivity (Wildman–Crippen MR) is 107 cm³/mol. The van der Waals surface area contributed by atoms with Gasteiger partial charge in [0.25, 0.3) is 0 Å². The number of anilines is 1. The fourth-order valence-corrected chi connectivity index (χ4v) is 3.04. The number of benzene rings is 2. The molecule has 27 heavy (non-hydrogen) atoms. The zero-order chi connectivity index (χ0) is 19.2. The van der Waals surface area contributed by atoms with E-state index in [0.29, 0.717) is 23.8 Å². The maximum Gasteiger partial charge on any atom is 0.319 e. The first-order valence-electron chi connectivity index (χ1n) is 8.88. The number of rotatable bonds is 6. The van der Waals surface area contributed by atoms with Gasteiger partial charge in [-0.05, 0) is 41.8 Å². The highest BCUT2D eigenvalue weighted by molar-refractivity contribution is 6.30. The Kier molecular flexibility index (Phi) is 6.32. The minimum absolute atomic E-state index is 0.105. The predicted octanol–water partition coefficient (Wildman–Crippen LogP) is 2.98. The average Bonchev–Trinajstić information content (AvgIpc) is 2.99. The number of hydrogen-bond donors (Lipinski definition) is 3. The summed E-state index contributed by atoms with van der Waals surface area (Å²) in [6.45, 7) is 1.84. The summed E-state index contributed by atoms with van der Waals surface area (Å²) in [7, 11) is 1.82. The van der Waals surface area contributed by atoms with Gasteiger partial charge in [0.15, 0.2) is 0 Å². The van der Waals surface area contributed by atoms with E-state index in [4.69, 9.17) is 11.6 Å². The van der Waals surface area contributed by atoms with Crippen LogP contribution in [0.3, 0.4) is 0 Å². The lowest BCUT2D eigenvalue weighted by atomic mass is 10.2. The molecule has 6 nitrogen and oxygen atoms in total. The molecule has 1 aliphatic heterocycles. The van der Waals surface area contributed by atoms with Gasteiger partial charge in [-0.15, -0.1) is 0 Å². The lowest BCUT2D eigenvalue weighted by molar-refractivity contribution is -0.128. The Labute approximate surface area is 163 Å². The minimum Gasteiger partial charge on any atom is -0.344 e. The van der Waals surface area contributed by atoms with Crippen LogP contribution < -0.4 is 16.0 Å². The van der Waals surface area contributed by atoms with Crippen LogP contribution in [0.15, 0.2) is 48.5 Å². The minimum atomic E-state index is -0.268. The third-order valence-corrected chi connectivity index (χ3v) is 4.81. The molecule has 0 aliphatic carbocycles. The number of likely N-dealkylation sites (tertiary alicyclic amines) is 1. The SMILES string of the molecule is CN1CC[C@H](NCc2ccc(NC(=O)NCc3ccc(Cl)cc3)cc2)C1=O. The lowest BCUT2D eigenvalue weighted by Crippen LogP contribution is -2.36. The molecule has 3 N–H and O–H groups in total. The molecule has 1 heterocycles. The largest absolute Gasteiger partial charge is 0.344 e. The van der Waals surface area contributed by atoms with E-state index in [9.17, 15) is 9.59 Å². The molecular weight excluding hydrogens is 364 g/mol. The first-order chi connectivity index (χ1) is 13.0. The normalized spacial score (nSPS) is 16.4. The van der Waals surface area contributed by atoms with Gasteiger partial charge in [-0.25, -0.2) is 4.79 Å². The fraction of sp³-hybridized carbons (Fsp3) is 0.300. The van der Waals surface area contributed by atoms with E-state index < -0.39 is 0 Å². The number of likely N-dealkylation sites (N-methyl/N-ethyl adjacent to an activating group) is 1. The molecule has 0 unspecified atom stereocenters. The number of nitrogens with one attached hydrogen (secondary N) is 3. The summed E-state index contributed by atoms with van der Waals surface area (Å²) >= 11 is 5.84. The van der Waals surface area contributed by atoms with Crippen LogP contribution in [0.1, 0.15) is 17.5 Å². The maximum absolute atomic E-state index is 12.0. The van der Waals surface area contributed by atoms with Gasteiger partial charge >= 0.3 is 6.03 Å². The fourth-order valence-electron chi connectivity index (χ4n) is 2.92. The van der Waals surface area contributed by atoms with Crippen LogP contribution in [0.4, 0.5) is 10.5 Å². The first kappa shape index (κ1) is 19.2. The van der Waals surface area contributed by atoms with Crippen LogP contribution in [0, 0.1) is 0 Å². The number of carbonyl (C=O) groups is 2. The third kappa shape index (κ3) is 5.45. The number of halogens is 1. The maximum atomic E-state index is 12.0. The second-order valence-electron chi connectivity index (χ2n) is 6.61. The van der Waals surface area contributed by atoms with Crippen LogP contribution in [0.25, 0.3) is 0 Å². The molecule has 2 aromatic rings. The molecule has 3 amide bonds. The summed E-state index contributed by atoms with van der Waals surface area (Å²) in [6.07, 6.45) is 0.836. The zero-order valence-corrected chi connectivity index (χ0v) is 15.9. The van der Waals surface area contributed by atoms with E-state index >= 15 is 0 Å². The van der Waals surface area contributed by atoms with Crippen molar-refractivity contribution in [2.45, 2.75) is 25.6 Å². The summed E-state index contributed by atoms with van der Waals surface area (Å²) in [6, 6.07) is 14.5. The van der Waals surface area contributed by atoms with Gasteiger partial charge in [-0.2, -0.15) is 0 Å². The van der Waals surface area contributed by atoms with Crippen molar-refractivity contribution < 1.29 is 9.59 Å². The van der Waals surface area contributed by atoms with Crippen LogP contribution in [0.5, 0.6) is 0 Å². The molecular formula is C20H23ClN4O2. The Morgan fingerprint density at radius 3 is 2.33 bits per heavy atom. The van der Waals surface area contributed by atoms with E-state index in [1.807, 2.05) is 43.4 Å². The Balaban J connectivity index is 1.43. The zero-order valence-electron chi connectivity index (χ0n) is 15.2. The van der Waals surface area contributed by atoms with Gasteiger partial charge in [0.1, 0.15) is 0 Å². The van der Waals surface area contributed by atoms with Crippen LogP contribution >= 0.6 is 11.6 Å². The van der Waals surface area contributed by atoms with E-state index in [1.165, 1.54) is 0 Å². The Morgan fingerprint density at radius 1 is 1.07 bits per heavy atom. The second-order valence-corrected chi connectivity index (χ2v) is 7.05. The van der Waals surface area contributed by atoms with Crippen molar-refractivity contribution in [3.63, 3.8) is 0 Å². The third-order valence-electron chi connectivity index (χ3n) is 4.56. The summed E-state index contributed by atoms with van der Waals surface area (Å²) < 4.78 is 0. The van der Waals surface area contributed by atoms with Crippen molar-refractivity contribution in [1.29, 1.82) is 0 Å². The summed E-state index contributed by atoms with van der Waals surface area (Å²) in [5.41, 5.74) is 2.75. The number of nitrogens with zero attached hydrogens (tertiary/aromatic N) is 1. The monoisotopic (exact) mass is 386 g/mol. The van der Waals surface area contributed by atoms with Gasteiger partial charge in [-0.3, -0.25) is 4.79 Å². The highest BCUT2D eigenvalue weighted by Gasteiger charge is 2.28. The molecule has 1 fully saturated rings. The van der Waals surface area contributed by atoms with Gasteiger partial charge < -0.3 is 20.9 Å². The molecule has 1 aliphatic rings. The molecule has 0 spiro atoms.